The summed E-state index contributed by atoms with van der Waals surface area (Å²) in [4.78, 5) is 2.36. The molecule has 1 aliphatic carbocycles. The van der Waals surface area contributed by atoms with E-state index in [9.17, 15) is 0 Å². The zero-order valence-electron chi connectivity index (χ0n) is 30.0. The normalized spacial score (nSPS) is 13.1. The predicted octanol–water partition coefficient (Wildman–Crippen LogP) is 14.6. The van der Waals surface area contributed by atoms with Crippen LogP contribution in [-0.4, -0.2) is 0 Å². The SMILES string of the molecule is CC1(C)c2ccccc2-c2ccc(N(c3cccc(-c4ccccc4)c3)c3cccc4c3oc3cc5c(cc34)oc3cccc(-c4ccccc4)c35)cc21. The number of benzene rings is 8. The molecule has 0 saturated heterocycles. The minimum Gasteiger partial charge on any atom is -0.456 e. The summed E-state index contributed by atoms with van der Waals surface area (Å²) >= 11 is 0. The maximum absolute atomic E-state index is 7.00. The number of para-hydroxylation sites is 1. The predicted molar refractivity (Wildman–Crippen MR) is 224 cm³/mol. The molecular weight excluding hydrogens is 659 g/mol. The van der Waals surface area contributed by atoms with Crippen LogP contribution in [0.5, 0.6) is 0 Å². The van der Waals surface area contributed by atoms with Crippen LogP contribution < -0.4 is 4.90 Å². The molecule has 0 radical (unpaired) electrons. The van der Waals surface area contributed by atoms with Crippen molar-refractivity contribution in [2.45, 2.75) is 19.3 Å². The average molecular weight is 694 g/mol. The van der Waals surface area contributed by atoms with Gasteiger partial charge in [-0.3, -0.25) is 0 Å². The molecule has 0 atom stereocenters. The van der Waals surface area contributed by atoms with Crippen LogP contribution in [0.4, 0.5) is 17.1 Å². The first-order chi connectivity index (χ1) is 26.5. The molecule has 54 heavy (non-hydrogen) atoms. The lowest BCUT2D eigenvalue weighted by atomic mass is 9.82. The highest BCUT2D eigenvalue weighted by Gasteiger charge is 2.36. The first-order valence-electron chi connectivity index (χ1n) is 18.6. The molecule has 3 heteroatoms. The van der Waals surface area contributed by atoms with Gasteiger partial charge in [-0.25, -0.2) is 0 Å². The van der Waals surface area contributed by atoms with Gasteiger partial charge < -0.3 is 13.7 Å². The second-order valence-electron chi connectivity index (χ2n) is 14.9. The molecule has 0 fully saturated rings. The van der Waals surface area contributed by atoms with Gasteiger partial charge in [0, 0.05) is 38.3 Å². The van der Waals surface area contributed by atoms with E-state index < -0.39 is 0 Å². The molecular formula is C51H35NO2. The number of hydrogen-bond acceptors (Lipinski definition) is 3. The fraction of sp³-hybridized carbons (Fsp3) is 0.0588. The van der Waals surface area contributed by atoms with Gasteiger partial charge in [-0.1, -0.05) is 141 Å². The first kappa shape index (κ1) is 30.8. The zero-order chi connectivity index (χ0) is 36.0. The summed E-state index contributed by atoms with van der Waals surface area (Å²) in [6.45, 7) is 4.68. The van der Waals surface area contributed by atoms with Crippen LogP contribution in [0, 0.1) is 0 Å². The van der Waals surface area contributed by atoms with Gasteiger partial charge in [0.1, 0.15) is 16.7 Å². The molecule has 2 heterocycles. The van der Waals surface area contributed by atoms with E-state index in [2.05, 4.69) is 195 Å². The standard InChI is InChI=1S/C51H35NO2/c1-51(2)43-23-10-9-20-38(43)39-27-26-36(29-44(39)51)52(35-19-11-18-34(28-35)32-14-5-3-6-15-32)45-24-12-22-40-41-30-48-42(31-47(41)54-50(40)45)49-37(21-13-25-46(49)53-48)33-16-7-4-8-17-33/h3-31H,1-2H3. The fourth-order valence-corrected chi connectivity index (χ4v) is 8.85. The fourth-order valence-electron chi connectivity index (χ4n) is 8.85. The summed E-state index contributed by atoms with van der Waals surface area (Å²) < 4.78 is 13.5. The smallest absolute Gasteiger partial charge is 0.159 e. The highest BCUT2D eigenvalue weighted by atomic mass is 16.3. The van der Waals surface area contributed by atoms with Crippen molar-refractivity contribution in [3.05, 3.63) is 187 Å². The minimum absolute atomic E-state index is 0.139. The Morgan fingerprint density at radius 1 is 0.407 bits per heavy atom. The highest BCUT2D eigenvalue weighted by molar-refractivity contribution is 6.19. The van der Waals surface area contributed by atoms with Crippen LogP contribution in [-0.2, 0) is 5.41 Å². The average Bonchev–Trinajstić information content (AvgIpc) is 3.85. The maximum Gasteiger partial charge on any atom is 0.159 e. The molecule has 0 unspecified atom stereocenters. The third kappa shape index (κ3) is 4.55. The van der Waals surface area contributed by atoms with E-state index in [0.717, 1.165) is 77.6 Å². The van der Waals surface area contributed by atoms with Crippen molar-refractivity contribution in [3.8, 4) is 33.4 Å². The van der Waals surface area contributed by atoms with Gasteiger partial charge in [-0.05, 0) is 93.0 Å². The van der Waals surface area contributed by atoms with Crippen LogP contribution in [0.3, 0.4) is 0 Å². The van der Waals surface area contributed by atoms with E-state index in [-0.39, 0.29) is 5.41 Å². The number of furan rings is 2. The van der Waals surface area contributed by atoms with Gasteiger partial charge in [0.05, 0.1) is 5.69 Å². The van der Waals surface area contributed by atoms with Crippen LogP contribution in [0.15, 0.2) is 185 Å². The quantitative estimate of drug-likeness (QED) is 0.180. The molecule has 1 aliphatic rings. The van der Waals surface area contributed by atoms with Crippen molar-refractivity contribution in [2.24, 2.45) is 0 Å². The molecule has 8 aromatic carbocycles. The molecule has 2 aromatic heterocycles. The Morgan fingerprint density at radius 2 is 1.06 bits per heavy atom. The van der Waals surface area contributed by atoms with E-state index >= 15 is 0 Å². The van der Waals surface area contributed by atoms with Gasteiger partial charge in [-0.15, -0.1) is 0 Å². The van der Waals surface area contributed by atoms with Gasteiger partial charge in [0.2, 0.25) is 0 Å². The Labute approximate surface area is 313 Å². The summed E-state index contributed by atoms with van der Waals surface area (Å²) in [6.07, 6.45) is 0. The highest BCUT2D eigenvalue weighted by Crippen LogP contribution is 2.52. The largest absolute Gasteiger partial charge is 0.456 e. The molecule has 10 aromatic rings. The summed E-state index contributed by atoms with van der Waals surface area (Å²) in [7, 11) is 0. The van der Waals surface area contributed by atoms with Crippen LogP contribution in [0.2, 0.25) is 0 Å². The van der Waals surface area contributed by atoms with Gasteiger partial charge in [0.15, 0.2) is 5.58 Å². The molecule has 0 bridgehead atoms. The Morgan fingerprint density at radius 3 is 1.91 bits per heavy atom. The third-order valence-corrected chi connectivity index (χ3v) is 11.5. The first-order valence-corrected chi connectivity index (χ1v) is 18.6. The second-order valence-corrected chi connectivity index (χ2v) is 14.9. The maximum atomic E-state index is 7.00. The van der Waals surface area contributed by atoms with Crippen molar-refractivity contribution < 1.29 is 8.83 Å². The minimum atomic E-state index is -0.139. The Kier molecular flexibility index (Phi) is 6.60. The Hall–Kier alpha value is -6.84. The van der Waals surface area contributed by atoms with E-state index in [1.54, 1.807) is 0 Å². The summed E-state index contributed by atoms with van der Waals surface area (Å²) in [5.74, 6) is 0. The van der Waals surface area contributed by atoms with Crippen molar-refractivity contribution in [1.82, 2.24) is 0 Å². The summed E-state index contributed by atoms with van der Waals surface area (Å²) in [6, 6.07) is 62.8. The molecule has 11 rings (SSSR count). The molecule has 3 nitrogen and oxygen atoms in total. The van der Waals surface area contributed by atoms with Crippen molar-refractivity contribution in [1.29, 1.82) is 0 Å². The molecule has 0 spiro atoms. The van der Waals surface area contributed by atoms with Crippen molar-refractivity contribution in [2.75, 3.05) is 4.90 Å². The lowest BCUT2D eigenvalue weighted by Gasteiger charge is -2.28. The van der Waals surface area contributed by atoms with Crippen LogP contribution in [0.25, 0.3) is 77.3 Å². The van der Waals surface area contributed by atoms with Crippen molar-refractivity contribution in [3.63, 3.8) is 0 Å². The van der Waals surface area contributed by atoms with Gasteiger partial charge >= 0.3 is 0 Å². The summed E-state index contributed by atoms with van der Waals surface area (Å²) in [5, 5.41) is 4.22. The van der Waals surface area contributed by atoms with Gasteiger partial charge in [-0.2, -0.15) is 0 Å². The number of hydrogen-bond donors (Lipinski definition) is 0. The summed E-state index contributed by atoms with van der Waals surface area (Å²) in [5.41, 5.74) is 16.3. The van der Waals surface area contributed by atoms with E-state index in [4.69, 9.17) is 8.83 Å². The van der Waals surface area contributed by atoms with Gasteiger partial charge in [0.25, 0.3) is 0 Å². The van der Waals surface area contributed by atoms with E-state index in [0.29, 0.717) is 0 Å². The molecule has 0 saturated carbocycles. The molecule has 256 valence electrons. The zero-order valence-corrected chi connectivity index (χ0v) is 30.0. The number of rotatable bonds is 5. The number of nitrogens with zero attached hydrogens (tertiary/aromatic N) is 1. The lowest BCUT2D eigenvalue weighted by Crippen LogP contribution is -2.16. The topological polar surface area (TPSA) is 29.5 Å². The van der Waals surface area contributed by atoms with E-state index in [1.807, 2.05) is 0 Å². The number of anilines is 3. The van der Waals surface area contributed by atoms with Crippen LogP contribution in [0.1, 0.15) is 25.0 Å². The monoisotopic (exact) mass is 693 g/mol. The van der Waals surface area contributed by atoms with Crippen LogP contribution >= 0.6 is 0 Å². The molecule has 0 aliphatic heterocycles. The Bertz CT molecular complexity index is 3080. The third-order valence-electron chi connectivity index (χ3n) is 11.5. The molecule has 0 N–H and O–H groups in total. The number of fused-ring (bicyclic) bond motifs is 9. The van der Waals surface area contributed by atoms with E-state index in [1.165, 1.54) is 27.8 Å². The van der Waals surface area contributed by atoms with Crippen molar-refractivity contribution >= 4 is 60.9 Å². The second kappa shape index (κ2) is 11.6. The molecule has 0 amide bonds. The lowest BCUT2D eigenvalue weighted by molar-refractivity contribution is 0.660. The Balaban J connectivity index is 1.14.